The third-order valence-corrected chi connectivity index (χ3v) is 11.3. The number of aromatic nitrogens is 2. The van der Waals surface area contributed by atoms with Gasteiger partial charge >= 0.3 is 12.6 Å². The highest BCUT2D eigenvalue weighted by Crippen LogP contribution is 2.38. The molecular formula is C33H37Cl2F2N4O7S+. The normalized spacial score (nSPS) is 19.4. The molecule has 3 aromatic rings. The van der Waals surface area contributed by atoms with Crippen LogP contribution in [0.5, 0.6) is 11.5 Å². The summed E-state index contributed by atoms with van der Waals surface area (Å²) in [7, 11) is -4.14. The van der Waals surface area contributed by atoms with Gasteiger partial charge in [0.15, 0.2) is 23.9 Å². The predicted molar refractivity (Wildman–Crippen MR) is 176 cm³/mol. The number of nitrogens with zero attached hydrogens (tertiary/aromatic N) is 3. The first-order valence-electron chi connectivity index (χ1n) is 16.2. The van der Waals surface area contributed by atoms with Crippen molar-refractivity contribution in [2.24, 2.45) is 5.92 Å². The highest BCUT2D eigenvalue weighted by molar-refractivity contribution is 7.89. The van der Waals surface area contributed by atoms with E-state index in [2.05, 4.69) is 9.97 Å². The lowest BCUT2D eigenvalue weighted by Gasteiger charge is -2.34. The van der Waals surface area contributed by atoms with Gasteiger partial charge in [-0.05, 0) is 67.9 Å². The molecule has 1 aromatic carbocycles. The fourth-order valence-corrected chi connectivity index (χ4v) is 8.02. The second kappa shape index (κ2) is 15.7. The Bertz CT molecular complexity index is 1710. The number of morpholine rings is 1. The number of benzene rings is 1. The number of esters is 1. The van der Waals surface area contributed by atoms with Crippen molar-refractivity contribution in [1.82, 2.24) is 9.29 Å². The van der Waals surface area contributed by atoms with E-state index < -0.39 is 34.7 Å². The number of halogens is 4. The molecule has 2 aromatic heterocycles. The Morgan fingerprint density at radius 1 is 1.02 bits per heavy atom. The number of hydrogen-bond acceptors (Lipinski definition) is 9. The van der Waals surface area contributed by atoms with Gasteiger partial charge in [0.25, 0.3) is 0 Å². The minimum Gasteiger partial charge on any atom is -0.489 e. The number of anilines is 1. The molecule has 11 nitrogen and oxygen atoms in total. The van der Waals surface area contributed by atoms with Crippen LogP contribution >= 0.6 is 23.2 Å². The van der Waals surface area contributed by atoms with E-state index in [0.717, 1.165) is 12.8 Å². The van der Waals surface area contributed by atoms with Gasteiger partial charge in [0.05, 0.1) is 19.8 Å². The summed E-state index contributed by atoms with van der Waals surface area (Å²) in [6.45, 7) is -0.235. The molecule has 0 bridgehead atoms. The van der Waals surface area contributed by atoms with E-state index in [4.69, 9.17) is 42.1 Å². The van der Waals surface area contributed by atoms with Gasteiger partial charge in [-0.1, -0.05) is 29.3 Å². The lowest BCUT2D eigenvalue weighted by molar-refractivity contribution is -0.377. The van der Waals surface area contributed by atoms with Gasteiger partial charge in [-0.15, -0.1) is 0 Å². The van der Waals surface area contributed by atoms with E-state index in [9.17, 15) is 22.0 Å². The third-order valence-electron chi connectivity index (χ3n) is 8.76. The van der Waals surface area contributed by atoms with Crippen LogP contribution in [0.15, 0.2) is 53.8 Å². The lowest BCUT2D eigenvalue weighted by Crippen LogP contribution is -2.48. The molecule has 0 radical (unpaired) electrons. The largest absolute Gasteiger partial charge is 0.489 e. The average molecular weight is 743 g/mol. The Kier molecular flexibility index (Phi) is 11.4. The molecule has 6 rings (SSSR count). The Hall–Kier alpha value is -3.30. The molecule has 49 heavy (non-hydrogen) atoms. The number of rotatable bonds is 13. The number of ether oxygens (including phenoxy) is 4. The molecule has 16 heteroatoms. The summed E-state index contributed by atoms with van der Waals surface area (Å²) in [5.41, 5.74) is 0.863. The molecule has 2 atom stereocenters. The summed E-state index contributed by atoms with van der Waals surface area (Å²) in [5, 5.41) is 0.567. The van der Waals surface area contributed by atoms with E-state index in [1.54, 1.807) is 6.07 Å². The van der Waals surface area contributed by atoms with Crippen LogP contribution in [0.25, 0.3) is 0 Å². The molecule has 1 aliphatic carbocycles. The number of carbonyl (C=O) groups excluding carboxylic acids is 1. The van der Waals surface area contributed by atoms with Crippen molar-refractivity contribution >= 4 is 45.0 Å². The van der Waals surface area contributed by atoms with Crippen molar-refractivity contribution in [3.05, 3.63) is 70.1 Å². The van der Waals surface area contributed by atoms with Crippen molar-refractivity contribution in [1.29, 1.82) is 0 Å². The zero-order chi connectivity index (χ0) is 34.5. The van der Waals surface area contributed by atoms with Gasteiger partial charge in [-0.3, -0.25) is 4.79 Å². The minimum atomic E-state index is -4.14. The summed E-state index contributed by atoms with van der Waals surface area (Å²) < 4.78 is 77.6. The number of carbonyl (C=O) groups is 1. The quantitative estimate of drug-likeness (QED) is 0.209. The molecular weight excluding hydrogens is 705 g/mol. The van der Waals surface area contributed by atoms with E-state index >= 15 is 0 Å². The molecule has 0 amide bonds. The van der Waals surface area contributed by atoms with E-state index in [0.29, 0.717) is 68.6 Å². The van der Waals surface area contributed by atoms with Crippen LogP contribution in [0.1, 0.15) is 49.3 Å². The van der Waals surface area contributed by atoms with E-state index in [1.165, 1.54) is 47.2 Å². The average Bonchev–Trinajstić information content (AvgIpc) is 3.94. The standard InChI is InChI=1S/C33H36Cl2F2N4O7S/c34-25-18-38-19-26(35)24(25)16-29(22-6-8-28(48-33(36)37)30(15-22)46-20-21-4-5-21)47-32(42)27-3-1-2-10-41(27)49(43,44)23-7-9-31(39-17-23)40-11-13-45-14-12-40/h6-9,15,17-19,21,27,29,33H,1-5,10-14,16,20H2/p+1/t27-,29-/m0/s1. The number of nitrogens with one attached hydrogen (secondary N) is 1. The van der Waals surface area contributed by atoms with Crippen LogP contribution in [0, 0.1) is 5.92 Å². The number of alkyl halides is 2. The van der Waals surface area contributed by atoms with Crippen LogP contribution in [0.4, 0.5) is 14.6 Å². The van der Waals surface area contributed by atoms with Crippen LogP contribution < -0.4 is 19.4 Å². The number of piperidine rings is 1. The number of hydrogen-bond donors (Lipinski definition) is 0. The maximum Gasteiger partial charge on any atom is 0.387 e. The molecule has 0 spiro atoms. The second-order valence-electron chi connectivity index (χ2n) is 12.2. The summed E-state index contributed by atoms with van der Waals surface area (Å²) in [5.74, 6) is 0.0991. The van der Waals surface area contributed by atoms with Crippen molar-refractivity contribution < 1.29 is 45.9 Å². The van der Waals surface area contributed by atoms with Gasteiger partial charge in [0, 0.05) is 37.8 Å². The summed E-state index contributed by atoms with van der Waals surface area (Å²) in [6, 6.07) is 6.34. The maximum absolute atomic E-state index is 14.0. The molecule has 0 unspecified atom stereocenters. The first kappa shape index (κ1) is 35.5. The number of H-pyrrole nitrogens is 1. The minimum absolute atomic E-state index is 0.00158. The molecule has 3 fully saturated rings. The predicted octanol–water partition coefficient (Wildman–Crippen LogP) is 5.50. The SMILES string of the molecule is O=C(O[C@@H](Cc1c(Cl)c[nH+]cc1Cl)c1ccc(OC(F)F)c(OCC2CC2)c1)[C@@H]1CCCCN1S(=O)(=O)c1ccc(N2CCOCC2)nc1. The van der Waals surface area contributed by atoms with Crippen LogP contribution in [-0.2, 0) is 30.7 Å². The first-order valence-corrected chi connectivity index (χ1v) is 18.4. The van der Waals surface area contributed by atoms with E-state index in [-0.39, 0.29) is 45.8 Å². The highest BCUT2D eigenvalue weighted by atomic mass is 35.5. The van der Waals surface area contributed by atoms with E-state index in [1.807, 2.05) is 4.90 Å². The zero-order valence-corrected chi connectivity index (χ0v) is 28.9. The van der Waals surface area contributed by atoms with Crippen molar-refractivity contribution in [3.8, 4) is 11.5 Å². The third kappa shape index (κ3) is 8.72. The first-order chi connectivity index (χ1) is 23.6. The Labute approximate surface area is 293 Å². The highest BCUT2D eigenvalue weighted by Gasteiger charge is 2.40. The van der Waals surface area contributed by atoms with Gasteiger partial charge in [-0.2, -0.15) is 13.1 Å². The van der Waals surface area contributed by atoms with Crippen molar-refractivity contribution in [3.63, 3.8) is 0 Å². The monoisotopic (exact) mass is 741 g/mol. The molecule has 4 heterocycles. The fraction of sp³-hybridized carbons (Fsp3) is 0.485. The maximum atomic E-state index is 14.0. The smallest absolute Gasteiger partial charge is 0.387 e. The molecule has 1 saturated carbocycles. The lowest BCUT2D eigenvalue weighted by atomic mass is 10.0. The second-order valence-corrected chi connectivity index (χ2v) is 14.9. The molecule has 264 valence electrons. The van der Waals surface area contributed by atoms with Gasteiger partial charge in [0.1, 0.15) is 32.9 Å². The molecule has 1 N–H and O–H groups in total. The number of aromatic amines is 1. The molecule has 3 aliphatic rings. The molecule has 2 saturated heterocycles. The van der Waals surface area contributed by atoms with Gasteiger partial charge in [0.2, 0.25) is 10.0 Å². The van der Waals surface area contributed by atoms with Crippen molar-refractivity contribution in [2.75, 3.05) is 44.4 Å². The Balaban J connectivity index is 1.28. The van der Waals surface area contributed by atoms with Gasteiger partial charge < -0.3 is 23.8 Å². The fourth-order valence-electron chi connectivity index (χ4n) is 5.89. The summed E-state index contributed by atoms with van der Waals surface area (Å²) >= 11 is 13.0. The van der Waals surface area contributed by atoms with Crippen LogP contribution in [-0.4, -0.2) is 75.8 Å². The number of sulfonamides is 1. The van der Waals surface area contributed by atoms with Gasteiger partial charge in [-0.25, -0.2) is 18.4 Å². The topological polar surface area (TPSA) is 122 Å². The van der Waals surface area contributed by atoms with Crippen molar-refractivity contribution in [2.45, 2.75) is 62.2 Å². The summed E-state index contributed by atoms with van der Waals surface area (Å²) in [4.78, 5) is 23.2. The van der Waals surface area contributed by atoms with Crippen LogP contribution in [0.3, 0.4) is 0 Å². The molecule has 2 aliphatic heterocycles. The Morgan fingerprint density at radius 2 is 1.78 bits per heavy atom. The van der Waals surface area contributed by atoms with Crippen LogP contribution in [0.2, 0.25) is 10.0 Å². The zero-order valence-electron chi connectivity index (χ0n) is 26.5. The Morgan fingerprint density at radius 3 is 2.45 bits per heavy atom. The number of pyridine rings is 2. The summed E-state index contributed by atoms with van der Waals surface area (Å²) in [6.07, 6.45) is 6.67.